The molecule has 0 radical (unpaired) electrons. The Bertz CT molecular complexity index is 380. The predicted molar refractivity (Wildman–Crippen MR) is 119 cm³/mol. The average Bonchev–Trinajstić information content (AvgIpc) is 2.65. The van der Waals surface area contributed by atoms with Crippen molar-refractivity contribution in [2.45, 2.75) is 98.6 Å². The number of likely N-dealkylation sites (tertiary alicyclic amines) is 3. The molecule has 3 fully saturated rings. The van der Waals surface area contributed by atoms with Crippen LogP contribution >= 0.6 is 0 Å². The van der Waals surface area contributed by atoms with E-state index in [0.29, 0.717) is 5.41 Å². The molecule has 160 valence electrons. The first-order valence-electron chi connectivity index (χ1n) is 12.1. The number of hydrogen-bond acceptors (Lipinski definition) is 3. The highest BCUT2D eigenvalue weighted by atomic mass is 15.2. The van der Waals surface area contributed by atoms with Gasteiger partial charge in [0.25, 0.3) is 0 Å². The van der Waals surface area contributed by atoms with Crippen LogP contribution in [0.15, 0.2) is 0 Å². The minimum atomic E-state index is 0.697. The number of hydrogen-bond donors (Lipinski definition) is 0. The van der Waals surface area contributed by atoms with Gasteiger partial charge in [0, 0.05) is 18.6 Å². The summed E-state index contributed by atoms with van der Waals surface area (Å²) in [5.74, 6) is 0.955. The number of rotatable bonds is 4. The van der Waals surface area contributed by atoms with Gasteiger partial charge in [-0.2, -0.15) is 0 Å². The topological polar surface area (TPSA) is 9.72 Å². The number of nitrogens with zero attached hydrogens (tertiary/aromatic N) is 3. The average molecular weight is 380 g/mol. The molecular weight excluding hydrogens is 330 g/mol. The molecule has 3 heteroatoms. The summed E-state index contributed by atoms with van der Waals surface area (Å²) in [5.41, 5.74) is 0.697. The summed E-state index contributed by atoms with van der Waals surface area (Å²) in [7, 11) is 0. The van der Waals surface area contributed by atoms with Crippen LogP contribution in [0.25, 0.3) is 0 Å². The lowest BCUT2D eigenvalue weighted by molar-refractivity contribution is 0.0167. The molecule has 3 nitrogen and oxygen atoms in total. The molecule has 3 aliphatic rings. The molecule has 3 saturated heterocycles. The molecule has 0 amide bonds. The quantitative estimate of drug-likeness (QED) is 0.672. The molecule has 0 N–H and O–H groups in total. The van der Waals surface area contributed by atoms with Crippen molar-refractivity contribution in [1.29, 1.82) is 0 Å². The van der Waals surface area contributed by atoms with Crippen molar-refractivity contribution in [2.75, 3.05) is 45.8 Å². The van der Waals surface area contributed by atoms with Crippen LogP contribution in [0.2, 0.25) is 0 Å². The molecule has 3 aliphatic heterocycles. The molecule has 0 aliphatic carbocycles. The lowest BCUT2D eigenvalue weighted by Gasteiger charge is -2.48. The summed E-state index contributed by atoms with van der Waals surface area (Å²) < 4.78 is 0. The normalized spacial score (nSPS) is 25.8. The summed E-state index contributed by atoms with van der Waals surface area (Å²) in [6, 6.07) is 1.47. The third-order valence-electron chi connectivity index (χ3n) is 7.40. The van der Waals surface area contributed by atoms with Crippen LogP contribution in [0.4, 0.5) is 0 Å². The maximum Gasteiger partial charge on any atom is 0.00385 e. The second kappa shape index (κ2) is 11.2. The Morgan fingerprint density at radius 1 is 0.704 bits per heavy atom. The van der Waals surface area contributed by atoms with Gasteiger partial charge >= 0.3 is 0 Å². The van der Waals surface area contributed by atoms with E-state index in [2.05, 4.69) is 56.2 Å². The van der Waals surface area contributed by atoms with Crippen LogP contribution in [0, 0.1) is 11.3 Å². The molecule has 3 rings (SSSR count). The van der Waals surface area contributed by atoms with E-state index in [0.717, 1.165) is 18.0 Å². The molecule has 0 atom stereocenters. The summed E-state index contributed by atoms with van der Waals surface area (Å²) in [6.07, 6.45) is 9.91. The van der Waals surface area contributed by atoms with Crippen LogP contribution in [0.1, 0.15) is 86.5 Å². The Balaban J connectivity index is 0.000000817. The van der Waals surface area contributed by atoms with Gasteiger partial charge < -0.3 is 14.7 Å². The molecule has 0 bridgehead atoms. The van der Waals surface area contributed by atoms with Crippen LogP contribution in [0.3, 0.4) is 0 Å². The summed E-state index contributed by atoms with van der Waals surface area (Å²) in [4.78, 5) is 8.14. The van der Waals surface area contributed by atoms with Crippen molar-refractivity contribution >= 4 is 0 Å². The van der Waals surface area contributed by atoms with Crippen LogP contribution in [0.5, 0.6) is 0 Å². The van der Waals surface area contributed by atoms with E-state index in [4.69, 9.17) is 0 Å². The maximum atomic E-state index is 2.80. The summed E-state index contributed by atoms with van der Waals surface area (Å²) >= 11 is 0. The fourth-order valence-electron chi connectivity index (χ4n) is 5.24. The molecule has 0 aromatic heterocycles. The van der Waals surface area contributed by atoms with E-state index < -0.39 is 0 Å². The third-order valence-corrected chi connectivity index (χ3v) is 7.40. The zero-order valence-electron chi connectivity index (χ0n) is 19.5. The van der Waals surface area contributed by atoms with E-state index in [-0.39, 0.29) is 0 Å². The maximum absolute atomic E-state index is 2.80. The highest BCUT2D eigenvalue weighted by Gasteiger charge is 2.38. The standard InChI is InChI=1S/C21H41N3.C3H8/c1-18(2)23-11-5-20(6-12-23)17-22-13-7-21(8-14-22)9-15-24(16-10-21)19(3)4;1-3-2/h18-20H,5-17H2,1-4H3;3H2,1-2H3. The molecular formula is C24H49N3. The molecule has 0 aromatic carbocycles. The highest BCUT2D eigenvalue weighted by Crippen LogP contribution is 2.41. The fourth-order valence-corrected chi connectivity index (χ4v) is 5.24. The van der Waals surface area contributed by atoms with Gasteiger partial charge in [0.15, 0.2) is 0 Å². The van der Waals surface area contributed by atoms with Gasteiger partial charge in [-0.3, -0.25) is 0 Å². The van der Waals surface area contributed by atoms with Gasteiger partial charge in [-0.1, -0.05) is 20.3 Å². The Labute approximate surface area is 170 Å². The largest absolute Gasteiger partial charge is 0.303 e. The van der Waals surface area contributed by atoms with Crippen LogP contribution in [-0.4, -0.2) is 72.6 Å². The molecule has 27 heavy (non-hydrogen) atoms. The molecule has 0 unspecified atom stereocenters. The van der Waals surface area contributed by atoms with E-state index in [9.17, 15) is 0 Å². The zero-order chi connectivity index (χ0) is 19.9. The molecule has 0 aromatic rings. The molecule has 3 heterocycles. The first-order chi connectivity index (χ1) is 12.9. The van der Waals surface area contributed by atoms with Gasteiger partial charge in [0.1, 0.15) is 0 Å². The molecule has 1 spiro atoms. The third kappa shape index (κ3) is 7.01. The van der Waals surface area contributed by atoms with E-state index >= 15 is 0 Å². The van der Waals surface area contributed by atoms with Gasteiger partial charge in [-0.15, -0.1) is 0 Å². The molecule has 0 saturated carbocycles. The van der Waals surface area contributed by atoms with Crippen molar-refractivity contribution in [1.82, 2.24) is 14.7 Å². The first kappa shape index (κ1) is 23.2. The van der Waals surface area contributed by atoms with E-state index in [1.54, 1.807) is 0 Å². The van der Waals surface area contributed by atoms with Crippen LogP contribution in [-0.2, 0) is 0 Å². The smallest absolute Gasteiger partial charge is 0.00385 e. The zero-order valence-corrected chi connectivity index (χ0v) is 19.5. The van der Waals surface area contributed by atoms with E-state index in [1.165, 1.54) is 90.8 Å². The lowest BCUT2D eigenvalue weighted by atomic mass is 9.71. The second-order valence-electron chi connectivity index (χ2n) is 10.2. The Morgan fingerprint density at radius 3 is 1.56 bits per heavy atom. The summed E-state index contributed by atoms with van der Waals surface area (Å²) in [6.45, 7) is 23.1. The Kier molecular flexibility index (Phi) is 9.58. The fraction of sp³-hybridized carbons (Fsp3) is 1.00. The van der Waals surface area contributed by atoms with Crippen molar-refractivity contribution in [2.24, 2.45) is 11.3 Å². The monoisotopic (exact) mass is 379 g/mol. The highest BCUT2D eigenvalue weighted by molar-refractivity contribution is 4.91. The van der Waals surface area contributed by atoms with Gasteiger partial charge in [-0.25, -0.2) is 0 Å². The minimum absolute atomic E-state index is 0.697. The van der Waals surface area contributed by atoms with Crippen molar-refractivity contribution in [3.63, 3.8) is 0 Å². The van der Waals surface area contributed by atoms with E-state index in [1.807, 2.05) is 0 Å². The Morgan fingerprint density at radius 2 is 1.11 bits per heavy atom. The lowest BCUT2D eigenvalue weighted by Crippen LogP contribution is -2.49. The summed E-state index contributed by atoms with van der Waals surface area (Å²) in [5, 5.41) is 0. The minimum Gasteiger partial charge on any atom is -0.303 e. The Hall–Kier alpha value is -0.120. The predicted octanol–water partition coefficient (Wildman–Crippen LogP) is 5.11. The van der Waals surface area contributed by atoms with Crippen LogP contribution < -0.4 is 0 Å². The number of piperidine rings is 3. The SMILES string of the molecule is CC(C)N1CCC(CN2CCC3(CC2)CCN(C(C)C)CC3)CC1.CCC. The van der Waals surface area contributed by atoms with Gasteiger partial charge in [-0.05, 0) is 117 Å². The van der Waals surface area contributed by atoms with Gasteiger partial charge in [0.2, 0.25) is 0 Å². The first-order valence-corrected chi connectivity index (χ1v) is 12.1. The van der Waals surface area contributed by atoms with Gasteiger partial charge in [0.05, 0.1) is 0 Å². The van der Waals surface area contributed by atoms with Crippen molar-refractivity contribution < 1.29 is 0 Å². The van der Waals surface area contributed by atoms with Crippen molar-refractivity contribution in [3.05, 3.63) is 0 Å². The second-order valence-corrected chi connectivity index (χ2v) is 10.2. The van der Waals surface area contributed by atoms with Crippen molar-refractivity contribution in [3.8, 4) is 0 Å².